The van der Waals surface area contributed by atoms with Crippen LogP contribution in [0.4, 0.5) is 5.69 Å². The van der Waals surface area contributed by atoms with Crippen LogP contribution in [0.2, 0.25) is 0 Å². The van der Waals surface area contributed by atoms with E-state index in [1.165, 1.54) is 24.3 Å². The van der Waals surface area contributed by atoms with E-state index in [0.717, 1.165) is 0 Å². The lowest BCUT2D eigenvalue weighted by atomic mass is 10.0. The third-order valence-corrected chi connectivity index (χ3v) is 3.06. The monoisotopic (exact) mass is 278 g/mol. The summed E-state index contributed by atoms with van der Waals surface area (Å²) >= 11 is 0. The Morgan fingerprint density at radius 3 is 2.80 bits per heavy atom. The van der Waals surface area contributed by atoms with Crippen molar-refractivity contribution in [1.82, 2.24) is 5.32 Å². The summed E-state index contributed by atoms with van der Waals surface area (Å²) in [4.78, 5) is 21.9. The van der Waals surface area contributed by atoms with E-state index in [2.05, 4.69) is 5.32 Å². The first-order valence-corrected chi connectivity index (χ1v) is 6.26. The fourth-order valence-corrected chi connectivity index (χ4v) is 1.49. The van der Waals surface area contributed by atoms with Crippen molar-refractivity contribution < 1.29 is 14.8 Å². The zero-order valence-electron chi connectivity index (χ0n) is 11.5. The van der Waals surface area contributed by atoms with Crippen molar-refractivity contribution in [3.8, 4) is 0 Å². The van der Waals surface area contributed by atoms with Crippen LogP contribution in [0.15, 0.2) is 30.3 Å². The predicted octanol–water partition coefficient (Wildman–Crippen LogP) is 1.89. The van der Waals surface area contributed by atoms with Gasteiger partial charge in [0.15, 0.2) is 0 Å². The SMILES string of the molecule is CCC(C)(CO)NC(=O)C=Cc1cccc([N+](=O)[O-])c1. The van der Waals surface area contributed by atoms with Crippen LogP contribution >= 0.6 is 0 Å². The first kappa shape index (κ1) is 15.8. The molecule has 2 N–H and O–H groups in total. The van der Waals surface area contributed by atoms with Gasteiger partial charge in [-0.2, -0.15) is 0 Å². The van der Waals surface area contributed by atoms with E-state index in [0.29, 0.717) is 12.0 Å². The van der Waals surface area contributed by atoms with E-state index in [1.807, 2.05) is 6.92 Å². The molecule has 6 nitrogen and oxygen atoms in total. The normalized spacial score (nSPS) is 13.9. The van der Waals surface area contributed by atoms with Crippen LogP contribution in [0, 0.1) is 10.1 Å². The van der Waals surface area contributed by atoms with Gasteiger partial charge in [-0.05, 0) is 25.0 Å². The number of non-ortho nitro benzene ring substituents is 1. The number of rotatable bonds is 6. The van der Waals surface area contributed by atoms with Crippen molar-refractivity contribution in [2.24, 2.45) is 0 Å². The van der Waals surface area contributed by atoms with Crippen LogP contribution in [-0.4, -0.2) is 28.1 Å². The molecule has 1 atom stereocenters. The molecule has 0 fully saturated rings. The van der Waals surface area contributed by atoms with Crippen LogP contribution in [0.1, 0.15) is 25.8 Å². The third kappa shape index (κ3) is 4.47. The number of nitro groups is 1. The maximum atomic E-state index is 11.7. The van der Waals surface area contributed by atoms with E-state index in [9.17, 15) is 20.0 Å². The van der Waals surface area contributed by atoms with E-state index in [-0.39, 0.29) is 18.2 Å². The number of aliphatic hydroxyl groups is 1. The molecule has 0 heterocycles. The molecule has 20 heavy (non-hydrogen) atoms. The third-order valence-electron chi connectivity index (χ3n) is 3.06. The van der Waals surface area contributed by atoms with E-state index < -0.39 is 10.5 Å². The number of nitrogens with zero attached hydrogens (tertiary/aromatic N) is 1. The summed E-state index contributed by atoms with van der Waals surface area (Å²) in [5.74, 6) is -0.352. The Balaban J connectivity index is 2.75. The quantitative estimate of drug-likeness (QED) is 0.472. The second-order valence-electron chi connectivity index (χ2n) is 4.75. The summed E-state index contributed by atoms with van der Waals surface area (Å²) < 4.78 is 0. The molecule has 0 aliphatic rings. The minimum atomic E-state index is -0.663. The molecule has 1 amide bonds. The highest BCUT2D eigenvalue weighted by atomic mass is 16.6. The summed E-state index contributed by atoms with van der Waals surface area (Å²) in [5.41, 5.74) is -0.123. The fourth-order valence-electron chi connectivity index (χ4n) is 1.49. The van der Waals surface area contributed by atoms with Gasteiger partial charge in [-0.3, -0.25) is 14.9 Å². The minimum Gasteiger partial charge on any atom is -0.394 e. The zero-order valence-corrected chi connectivity index (χ0v) is 11.5. The van der Waals surface area contributed by atoms with Crippen LogP contribution < -0.4 is 5.32 Å². The average Bonchev–Trinajstić information content (AvgIpc) is 2.45. The number of hydrogen-bond donors (Lipinski definition) is 2. The zero-order chi connectivity index (χ0) is 15.2. The van der Waals surface area contributed by atoms with Gasteiger partial charge in [-0.25, -0.2) is 0 Å². The maximum absolute atomic E-state index is 11.7. The van der Waals surface area contributed by atoms with Crippen molar-refractivity contribution in [2.45, 2.75) is 25.8 Å². The number of nitro benzene ring substituents is 1. The van der Waals surface area contributed by atoms with E-state index >= 15 is 0 Å². The molecular formula is C14H18N2O4. The number of hydrogen-bond acceptors (Lipinski definition) is 4. The number of nitrogens with one attached hydrogen (secondary N) is 1. The van der Waals surface area contributed by atoms with Gasteiger partial charge in [-0.1, -0.05) is 19.1 Å². The largest absolute Gasteiger partial charge is 0.394 e. The summed E-state index contributed by atoms with van der Waals surface area (Å²) in [6.45, 7) is 3.45. The molecule has 0 aliphatic heterocycles. The molecule has 0 aliphatic carbocycles. The molecule has 0 bridgehead atoms. The van der Waals surface area contributed by atoms with Crippen LogP contribution in [0.25, 0.3) is 6.08 Å². The Morgan fingerprint density at radius 2 is 2.25 bits per heavy atom. The molecule has 0 saturated carbocycles. The highest BCUT2D eigenvalue weighted by Gasteiger charge is 2.21. The number of amides is 1. The molecule has 1 unspecified atom stereocenters. The van der Waals surface area contributed by atoms with Gasteiger partial charge in [0.25, 0.3) is 5.69 Å². The lowest BCUT2D eigenvalue weighted by molar-refractivity contribution is -0.384. The van der Waals surface area contributed by atoms with Crippen molar-refractivity contribution in [3.05, 3.63) is 46.0 Å². The Hall–Kier alpha value is -2.21. The van der Waals surface area contributed by atoms with Crippen molar-refractivity contribution in [1.29, 1.82) is 0 Å². The highest BCUT2D eigenvalue weighted by Crippen LogP contribution is 2.14. The highest BCUT2D eigenvalue weighted by molar-refractivity contribution is 5.92. The number of carbonyl (C=O) groups is 1. The van der Waals surface area contributed by atoms with Gasteiger partial charge < -0.3 is 10.4 Å². The first-order valence-electron chi connectivity index (χ1n) is 6.26. The second-order valence-corrected chi connectivity index (χ2v) is 4.75. The number of aliphatic hydroxyl groups excluding tert-OH is 1. The van der Waals surface area contributed by atoms with Gasteiger partial charge >= 0.3 is 0 Å². The molecule has 0 spiro atoms. The molecular weight excluding hydrogens is 260 g/mol. The van der Waals surface area contributed by atoms with E-state index in [1.54, 1.807) is 19.1 Å². The Labute approximate surface area is 117 Å². The topological polar surface area (TPSA) is 92.5 Å². The van der Waals surface area contributed by atoms with Gasteiger partial charge in [-0.15, -0.1) is 0 Å². The van der Waals surface area contributed by atoms with Gasteiger partial charge in [0, 0.05) is 18.2 Å². The molecule has 1 rings (SSSR count). The predicted molar refractivity (Wildman–Crippen MR) is 76.1 cm³/mol. The minimum absolute atomic E-state index is 0.0266. The summed E-state index contributed by atoms with van der Waals surface area (Å²) in [7, 11) is 0. The molecule has 1 aromatic rings. The maximum Gasteiger partial charge on any atom is 0.270 e. The Morgan fingerprint density at radius 1 is 1.55 bits per heavy atom. The second kappa shape index (κ2) is 6.81. The average molecular weight is 278 g/mol. The number of carbonyl (C=O) groups excluding carboxylic acids is 1. The van der Waals surface area contributed by atoms with Gasteiger partial charge in [0.2, 0.25) is 5.91 Å². The molecule has 0 saturated heterocycles. The van der Waals surface area contributed by atoms with E-state index in [4.69, 9.17) is 0 Å². The fraction of sp³-hybridized carbons (Fsp3) is 0.357. The lowest BCUT2D eigenvalue weighted by Crippen LogP contribution is -2.47. The molecule has 0 radical (unpaired) electrons. The summed E-state index contributed by atoms with van der Waals surface area (Å²) in [5, 5.41) is 22.5. The standard InChI is InChI=1S/C14H18N2O4/c1-3-14(2,10-17)15-13(18)8-7-11-5-4-6-12(9-11)16(19)20/h4-9,17H,3,10H2,1-2H3,(H,15,18). The molecule has 0 aromatic heterocycles. The van der Waals surface area contributed by atoms with Crippen LogP contribution in [0.5, 0.6) is 0 Å². The van der Waals surface area contributed by atoms with Gasteiger partial charge in [0.05, 0.1) is 17.1 Å². The van der Waals surface area contributed by atoms with Crippen molar-refractivity contribution in [3.63, 3.8) is 0 Å². The smallest absolute Gasteiger partial charge is 0.270 e. The van der Waals surface area contributed by atoms with Crippen LogP contribution in [-0.2, 0) is 4.79 Å². The summed E-state index contributed by atoms with van der Waals surface area (Å²) in [6.07, 6.45) is 3.39. The molecule has 108 valence electrons. The number of benzene rings is 1. The molecule has 6 heteroatoms. The van der Waals surface area contributed by atoms with Crippen molar-refractivity contribution >= 4 is 17.7 Å². The Bertz CT molecular complexity index is 522. The summed E-state index contributed by atoms with van der Waals surface area (Å²) in [6, 6.07) is 5.99. The lowest BCUT2D eigenvalue weighted by Gasteiger charge is -2.26. The molecule has 1 aromatic carbocycles. The van der Waals surface area contributed by atoms with Gasteiger partial charge in [0.1, 0.15) is 0 Å². The Kier molecular flexibility index (Phi) is 5.40. The first-order chi connectivity index (χ1) is 9.40. The van der Waals surface area contributed by atoms with Crippen LogP contribution in [0.3, 0.4) is 0 Å². The van der Waals surface area contributed by atoms with Crippen molar-refractivity contribution in [2.75, 3.05) is 6.61 Å².